The van der Waals surface area contributed by atoms with Crippen molar-refractivity contribution in [2.75, 3.05) is 5.32 Å². The average Bonchev–Trinajstić information content (AvgIpc) is 3.09. The molecule has 0 spiro atoms. The molecule has 5 nitrogen and oxygen atoms in total. The Morgan fingerprint density at radius 3 is 2.73 bits per heavy atom. The quantitative estimate of drug-likeness (QED) is 0.814. The SMILES string of the molecule is N[C@H]1CC[C@H](Nc2ncc(C(F)(F)F)c(-c3cc[nH]c3)n2)C1. The lowest BCUT2D eigenvalue weighted by atomic mass is 10.1. The minimum absolute atomic E-state index is 0.103. The molecule has 118 valence electrons. The molecule has 2 heterocycles. The van der Waals surface area contributed by atoms with Crippen LogP contribution in [-0.4, -0.2) is 27.0 Å². The van der Waals surface area contributed by atoms with Crippen LogP contribution >= 0.6 is 0 Å². The number of rotatable bonds is 3. The molecule has 1 aliphatic carbocycles. The summed E-state index contributed by atoms with van der Waals surface area (Å²) in [5, 5.41) is 3.07. The molecule has 0 unspecified atom stereocenters. The number of aromatic amines is 1. The van der Waals surface area contributed by atoms with Crippen LogP contribution < -0.4 is 11.1 Å². The van der Waals surface area contributed by atoms with E-state index in [4.69, 9.17) is 5.73 Å². The van der Waals surface area contributed by atoms with Gasteiger partial charge >= 0.3 is 6.18 Å². The molecule has 22 heavy (non-hydrogen) atoms. The van der Waals surface area contributed by atoms with Gasteiger partial charge < -0.3 is 16.0 Å². The maximum absolute atomic E-state index is 13.1. The molecule has 4 N–H and O–H groups in total. The third kappa shape index (κ3) is 3.06. The second kappa shape index (κ2) is 5.60. The Morgan fingerprint density at radius 2 is 2.14 bits per heavy atom. The van der Waals surface area contributed by atoms with E-state index in [1.54, 1.807) is 12.3 Å². The molecule has 3 rings (SSSR count). The van der Waals surface area contributed by atoms with Gasteiger partial charge in [-0.2, -0.15) is 13.2 Å². The van der Waals surface area contributed by atoms with Gasteiger partial charge in [-0.3, -0.25) is 0 Å². The molecule has 1 aliphatic rings. The van der Waals surface area contributed by atoms with Gasteiger partial charge in [-0.25, -0.2) is 9.97 Å². The fourth-order valence-corrected chi connectivity index (χ4v) is 2.68. The molecule has 0 aliphatic heterocycles. The van der Waals surface area contributed by atoms with Crippen LogP contribution in [0.4, 0.5) is 19.1 Å². The highest BCUT2D eigenvalue weighted by atomic mass is 19.4. The van der Waals surface area contributed by atoms with E-state index in [2.05, 4.69) is 20.3 Å². The molecule has 0 saturated heterocycles. The summed E-state index contributed by atoms with van der Waals surface area (Å²) >= 11 is 0. The molecule has 2 aromatic heterocycles. The molecule has 0 aromatic carbocycles. The molecular formula is C14H16F3N5. The number of nitrogens with zero attached hydrogens (tertiary/aromatic N) is 2. The topological polar surface area (TPSA) is 79.6 Å². The van der Waals surface area contributed by atoms with Crippen molar-refractivity contribution >= 4 is 5.95 Å². The molecule has 2 aromatic rings. The summed E-state index contributed by atoms with van der Waals surface area (Å²) in [6, 6.07) is 1.77. The largest absolute Gasteiger partial charge is 0.419 e. The predicted octanol–water partition coefficient (Wildman–Crippen LogP) is 2.78. The summed E-state index contributed by atoms with van der Waals surface area (Å²) in [5.41, 5.74) is 5.23. The van der Waals surface area contributed by atoms with Crippen molar-refractivity contribution in [2.24, 2.45) is 5.73 Å². The van der Waals surface area contributed by atoms with E-state index in [0.29, 0.717) is 5.56 Å². The maximum Gasteiger partial charge on any atom is 0.419 e. The van der Waals surface area contributed by atoms with Gasteiger partial charge in [-0.15, -0.1) is 0 Å². The van der Waals surface area contributed by atoms with E-state index in [1.807, 2.05) is 0 Å². The highest BCUT2D eigenvalue weighted by Crippen LogP contribution is 2.36. The van der Waals surface area contributed by atoms with Crippen molar-refractivity contribution in [3.8, 4) is 11.3 Å². The van der Waals surface area contributed by atoms with Crippen LogP contribution in [0.2, 0.25) is 0 Å². The van der Waals surface area contributed by atoms with E-state index in [0.717, 1.165) is 25.5 Å². The van der Waals surface area contributed by atoms with E-state index in [-0.39, 0.29) is 23.7 Å². The Hall–Kier alpha value is -2.09. The molecule has 2 atom stereocenters. The number of H-pyrrole nitrogens is 1. The smallest absolute Gasteiger partial charge is 0.367 e. The molecular weight excluding hydrogens is 295 g/mol. The first-order valence-corrected chi connectivity index (χ1v) is 7.03. The summed E-state index contributed by atoms with van der Waals surface area (Å²) in [7, 11) is 0. The lowest BCUT2D eigenvalue weighted by molar-refractivity contribution is -0.137. The molecule has 0 amide bonds. The highest BCUT2D eigenvalue weighted by molar-refractivity contribution is 5.64. The summed E-state index contributed by atoms with van der Waals surface area (Å²) in [6.45, 7) is 0. The van der Waals surface area contributed by atoms with Gasteiger partial charge in [0.1, 0.15) is 5.56 Å². The zero-order chi connectivity index (χ0) is 15.7. The Labute approximate surface area is 125 Å². The lowest BCUT2D eigenvalue weighted by Gasteiger charge is -2.15. The Kier molecular flexibility index (Phi) is 3.78. The Morgan fingerprint density at radius 1 is 1.32 bits per heavy atom. The number of alkyl halides is 3. The van der Waals surface area contributed by atoms with Crippen LogP contribution in [0.5, 0.6) is 0 Å². The van der Waals surface area contributed by atoms with Crippen molar-refractivity contribution in [1.82, 2.24) is 15.0 Å². The molecule has 1 saturated carbocycles. The van der Waals surface area contributed by atoms with Gasteiger partial charge in [0.05, 0.1) is 5.69 Å². The maximum atomic E-state index is 13.1. The third-order valence-electron chi connectivity index (χ3n) is 3.77. The van der Waals surface area contributed by atoms with Gasteiger partial charge in [0.25, 0.3) is 0 Å². The van der Waals surface area contributed by atoms with Gasteiger partial charge in [0.15, 0.2) is 0 Å². The number of halogens is 3. The predicted molar refractivity (Wildman–Crippen MR) is 76.1 cm³/mol. The highest BCUT2D eigenvalue weighted by Gasteiger charge is 2.35. The van der Waals surface area contributed by atoms with Gasteiger partial charge in [0, 0.05) is 36.2 Å². The fraction of sp³-hybridized carbons (Fsp3) is 0.429. The minimum atomic E-state index is -4.50. The van der Waals surface area contributed by atoms with E-state index in [9.17, 15) is 13.2 Å². The third-order valence-corrected chi connectivity index (χ3v) is 3.77. The minimum Gasteiger partial charge on any atom is -0.367 e. The number of nitrogens with one attached hydrogen (secondary N) is 2. The van der Waals surface area contributed by atoms with Gasteiger partial charge in [-0.05, 0) is 25.3 Å². The van der Waals surface area contributed by atoms with Crippen molar-refractivity contribution in [1.29, 1.82) is 0 Å². The van der Waals surface area contributed by atoms with Crippen LogP contribution in [-0.2, 0) is 6.18 Å². The molecule has 1 fully saturated rings. The van der Waals surface area contributed by atoms with Gasteiger partial charge in [-0.1, -0.05) is 0 Å². The van der Waals surface area contributed by atoms with E-state index >= 15 is 0 Å². The summed E-state index contributed by atoms with van der Waals surface area (Å²) < 4.78 is 39.3. The van der Waals surface area contributed by atoms with Crippen LogP contribution in [0.3, 0.4) is 0 Å². The molecule has 0 bridgehead atoms. The summed E-state index contributed by atoms with van der Waals surface area (Å²) in [5.74, 6) is 0.198. The van der Waals surface area contributed by atoms with Crippen LogP contribution in [0.15, 0.2) is 24.7 Å². The number of hydrogen-bond acceptors (Lipinski definition) is 4. The van der Waals surface area contributed by atoms with Crippen molar-refractivity contribution in [3.05, 3.63) is 30.2 Å². The number of anilines is 1. The van der Waals surface area contributed by atoms with Crippen LogP contribution in [0.25, 0.3) is 11.3 Å². The van der Waals surface area contributed by atoms with E-state index in [1.165, 1.54) is 6.20 Å². The lowest BCUT2D eigenvalue weighted by Crippen LogP contribution is -2.22. The number of hydrogen-bond donors (Lipinski definition) is 3. The van der Waals surface area contributed by atoms with Crippen LogP contribution in [0.1, 0.15) is 24.8 Å². The first kappa shape index (κ1) is 14.8. The first-order valence-electron chi connectivity index (χ1n) is 7.03. The summed E-state index contributed by atoms with van der Waals surface area (Å²) in [6.07, 6.45) is 1.89. The Balaban J connectivity index is 1.92. The standard InChI is InChI=1S/C14H16F3N5/c15-14(16,17)11-7-20-13(21-10-2-1-9(18)5-10)22-12(11)8-3-4-19-6-8/h3-4,6-7,9-10,19H,1-2,5,18H2,(H,20,21,22)/t9-,10-/m0/s1. The number of nitrogens with two attached hydrogens (primary N) is 1. The normalized spacial score (nSPS) is 22.0. The second-order valence-electron chi connectivity index (χ2n) is 5.47. The first-order chi connectivity index (χ1) is 10.4. The zero-order valence-electron chi connectivity index (χ0n) is 11.7. The van der Waals surface area contributed by atoms with Crippen molar-refractivity contribution < 1.29 is 13.2 Å². The zero-order valence-corrected chi connectivity index (χ0v) is 11.7. The van der Waals surface area contributed by atoms with E-state index < -0.39 is 11.7 Å². The monoisotopic (exact) mass is 311 g/mol. The Bertz CT molecular complexity index is 638. The summed E-state index contributed by atoms with van der Waals surface area (Å²) in [4.78, 5) is 10.6. The average molecular weight is 311 g/mol. The van der Waals surface area contributed by atoms with Crippen LogP contribution in [0, 0.1) is 0 Å². The van der Waals surface area contributed by atoms with Crippen molar-refractivity contribution in [3.63, 3.8) is 0 Å². The second-order valence-corrected chi connectivity index (χ2v) is 5.47. The number of aromatic nitrogens is 3. The molecule has 8 heteroatoms. The van der Waals surface area contributed by atoms with Crippen molar-refractivity contribution in [2.45, 2.75) is 37.5 Å². The fourth-order valence-electron chi connectivity index (χ4n) is 2.68. The molecule has 0 radical (unpaired) electrons. The van der Waals surface area contributed by atoms with Gasteiger partial charge in [0.2, 0.25) is 5.95 Å².